The highest BCUT2D eigenvalue weighted by Gasteiger charge is 2.37. The van der Waals surface area contributed by atoms with E-state index >= 15 is 0 Å². The minimum Gasteiger partial charge on any atom is -0.478 e. The number of halogens is 1. The Bertz CT molecular complexity index is 688. The van der Waals surface area contributed by atoms with Crippen molar-refractivity contribution in [2.24, 2.45) is 5.14 Å². The predicted octanol–water partition coefficient (Wildman–Crippen LogP) is 0.432. The second-order valence-corrected chi connectivity index (χ2v) is 6.64. The second-order valence-electron chi connectivity index (χ2n) is 4.39. The van der Waals surface area contributed by atoms with Crippen LogP contribution >= 0.6 is 11.6 Å². The average molecular weight is 319 g/mol. The van der Waals surface area contributed by atoms with Gasteiger partial charge < -0.3 is 10.0 Å². The topological polar surface area (TPSA) is 118 Å². The summed E-state index contributed by atoms with van der Waals surface area (Å²) in [5.41, 5.74) is 0.124. The van der Waals surface area contributed by atoms with E-state index in [9.17, 15) is 18.0 Å². The van der Waals surface area contributed by atoms with Crippen LogP contribution in [0.25, 0.3) is 0 Å². The molecule has 20 heavy (non-hydrogen) atoms. The van der Waals surface area contributed by atoms with Crippen LogP contribution in [0.5, 0.6) is 0 Å². The third-order valence-corrected chi connectivity index (χ3v) is 4.62. The van der Waals surface area contributed by atoms with E-state index in [1.165, 1.54) is 23.1 Å². The highest BCUT2D eigenvalue weighted by atomic mass is 35.5. The highest BCUT2D eigenvalue weighted by Crippen LogP contribution is 2.28. The highest BCUT2D eigenvalue weighted by molar-refractivity contribution is 7.89. The van der Waals surface area contributed by atoms with Crippen molar-refractivity contribution >= 4 is 39.2 Å². The van der Waals surface area contributed by atoms with Crippen LogP contribution in [0.2, 0.25) is 5.02 Å². The lowest BCUT2D eigenvalue weighted by atomic mass is 10.2. The summed E-state index contributed by atoms with van der Waals surface area (Å²) in [5, 5.41) is 13.1. The Labute approximate surface area is 120 Å². The first-order valence-corrected chi connectivity index (χ1v) is 7.53. The van der Waals surface area contributed by atoms with Gasteiger partial charge in [0.25, 0.3) is 0 Å². The van der Waals surface area contributed by atoms with Crippen LogP contribution in [-0.2, 0) is 14.8 Å². The van der Waals surface area contributed by atoms with Crippen molar-refractivity contribution in [1.82, 2.24) is 0 Å². The lowest BCUT2D eigenvalue weighted by Gasteiger charge is -2.17. The van der Waals surface area contributed by atoms with E-state index in [1.54, 1.807) is 0 Å². The number of nitrogens with two attached hydrogens (primary N) is 1. The zero-order chi connectivity index (χ0) is 15.1. The minimum absolute atomic E-state index is 0.0379. The zero-order valence-corrected chi connectivity index (χ0v) is 11.7. The van der Waals surface area contributed by atoms with Gasteiger partial charge in [-0.15, -0.1) is 0 Å². The molecule has 0 spiro atoms. The number of hydrogen-bond acceptors (Lipinski definition) is 4. The van der Waals surface area contributed by atoms with E-state index in [0.29, 0.717) is 0 Å². The maximum atomic E-state index is 11.8. The number of carboxylic acid groups (broad SMARTS) is 1. The van der Waals surface area contributed by atoms with Gasteiger partial charge in [-0.1, -0.05) is 11.6 Å². The molecule has 1 aliphatic heterocycles. The SMILES string of the molecule is NS(=O)(=O)C1CC(=O)N(c2ccc(Cl)c(C(=O)O)c2)C1. The normalized spacial score (nSPS) is 19.4. The number of anilines is 1. The van der Waals surface area contributed by atoms with Crippen LogP contribution in [-0.4, -0.2) is 37.2 Å². The first kappa shape index (κ1) is 14.8. The monoisotopic (exact) mass is 318 g/mol. The van der Waals surface area contributed by atoms with E-state index in [0.717, 1.165) is 0 Å². The molecule has 1 aromatic rings. The molecule has 1 aromatic carbocycles. The lowest BCUT2D eigenvalue weighted by Crippen LogP contribution is -2.32. The molecular weight excluding hydrogens is 308 g/mol. The lowest BCUT2D eigenvalue weighted by molar-refractivity contribution is -0.117. The van der Waals surface area contributed by atoms with E-state index in [2.05, 4.69) is 0 Å². The van der Waals surface area contributed by atoms with Gasteiger partial charge in [0, 0.05) is 18.7 Å². The van der Waals surface area contributed by atoms with Gasteiger partial charge >= 0.3 is 5.97 Å². The smallest absolute Gasteiger partial charge is 0.337 e. The number of hydrogen-bond donors (Lipinski definition) is 2. The summed E-state index contributed by atoms with van der Waals surface area (Å²) >= 11 is 5.74. The van der Waals surface area contributed by atoms with E-state index in [-0.39, 0.29) is 29.2 Å². The van der Waals surface area contributed by atoms with Crippen molar-refractivity contribution in [3.05, 3.63) is 28.8 Å². The van der Waals surface area contributed by atoms with Gasteiger partial charge in [-0.2, -0.15) is 0 Å². The number of carbonyl (C=O) groups is 2. The maximum absolute atomic E-state index is 11.8. The standard InChI is InChI=1S/C11H11ClN2O5S/c12-9-2-1-6(3-8(9)11(16)17)14-5-7(4-10(14)15)20(13,18)19/h1-3,7H,4-5H2,(H,16,17)(H2,13,18,19). The Morgan fingerprint density at radius 3 is 2.60 bits per heavy atom. The Balaban J connectivity index is 2.36. The molecule has 1 atom stereocenters. The molecule has 0 aromatic heterocycles. The number of benzene rings is 1. The minimum atomic E-state index is -3.82. The number of carboxylic acids is 1. The Morgan fingerprint density at radius 1 is 1.45 bits per heavy atom. The fraction of sp³-hybridized carbons (Fsp3) is 0.273. The first-order valence-electron chi connectivity index (χ1n) is 5.55. The van der Waals surface area contributed by atoms with Crippen molar-refractivity contribution in [3.63, 3.8) is 0 Å². The summed E-state index contributed by atoms with van der Waals surface area (Å²) in [5.74, 6) is -1.66. The molecule has 7 nitrogen and oxygen atoms in total. The van der Waals surface area contributed by atoms with E-state index in [4.69, 9.17) is 21.8 Å². The summed E-state index contributed by atoms with van der Waals surface area (Å²) < 4.78 is 22.5. The molecule has 3 N–H and O–H groups in total. The Morgan fingerprint density at radius 2 is 2.10 bits per heavy atom. The third-order valence-electron chi connectivity index (χ3n) is 3.05. The zero-order valence-electron chi connectivity index (χ0n) is 10.1. The van der Waals surface area contributed by atoms with E-state index < -0.39 is 27.1 Å². The molecule has 1 fully saturated rings. The summed E-state index contributed by atoms with van der Waals surface area (Å²) in [6, 6.07) is 4.03. The van der Waals surface area contributed by atoms with Gasteiger partial charge in [-0.3, -0.25) is 4.79 Å². The molecule has 0 bridgehead atoms. The molecule has 1 saturated heterocycles. The second kappa shape index (κ2) is 5.04. The van der Waals surface area contributed by atoms with Crippen molar-refractivity contribution in [3.8, 4) is 0 Å². The van der Waals surface area contributed by atoms with Gasteiger partial charge in [-0.05, 0) is 18.2 Å². The first-order chi connectivity index (χ1) is 9.20. The van der Waals surface area contributed by atoms with Crippen LogP contribution in [0, 0.1) is 0 Å². The molecule has 2 rings (SSSR count). The van der Waals surface area contributed by atoms with Crippen molar-refractivity contribution in [1.29, 1.82) is 0 Å². The predicted molar refractivity (Wildman–Crippen MR) is 72.3 cm³/mol. The van der Waals surface area contributed by atoms with Gasteiger partial charge in [0.1, 0.15) is 5.25 Å². The van der Waals surface area contributed by atoms with Crippen LogP contribution in [0.4, 0.5) is 5.69 Å². The molecule has 1 amide bonds. The van der Waals surface area contributed by atoms with Crippen molar-refractivity contribution < 1.29 is 23.1 Å². The van der Waals surface area contributed by atoms with Gasteiger partial charge in [0.15, 0.2) is 0 Å². The third kappa shape index (κ3) is 2.77. The van der Waals surface area contributed by atoms with Gasteiger partial charge in [0.2, 0.25) is 15.9 Å². The molecule has 1 unspecified atom stereocenters. The fourth-order valence-corrected chi connectivity index (χ4v) is 2.92. The van der Waals surface area contributed by atoms with Gasteiger partial charge in [-0.25, -0.2) is 18.4 Å². The number of sulfonamides is 1. The van der Waals surface area contributed by atoms with Crippen LogP contribution in [0.1, 0.15) is 16.8 Å². The van der Waals surface area contributed by atoms with Crippen LogP contribution in [0.15, 0.2) is 18.2 Å². The Kier molecular flexibility index (Phi) is 3.72. The van der Waals surface area contributed by atoms with Crippen LogP contribution < -0.4 is 10.0 Å². The largest absolute Gasteiger partial charge is 0.478 e. The maximum Gasteiger partial charge on any atom is 0.337 e. The molecular formula is C11H11ClN2O5S. The van der Waals surface area contributed by atoms with Crippen molar-refractivity contribution in [2.45, 2.75) is 11.7 Å². The number of carbonyl (C=O) groups excluding carboxylic acids is 1. The summed E-state index contributed by atoms with van der Waals surface area (Å²) in [6.45, 7) is -0.0989. The summed E-state index contributed by atoms with van der Waals surface area (Å²) in [4.78, 5) is 24.0. The summed E-state index contributed by atoms with van der Waals surface area (Å²) in [7, 11) is -3.82. The molecule has 9 heteroatoms. The average Bonchev–Trinajstić information content (AvgIpc) is 2.71. The molecule has 108 valence electrons. The molecule has 0 saturated carbocycles. The quantitative estimate of drug-likeness (QED) is 0.838. The fourth-order valence-electron chi connectivity index (χ4n) is 1.99. The number of rotatable bonds is 3. The molecule has 0 aliphatic carbocycles. The molecule has 0 radical (unpaired) electrons. The number of aromatic carboxylic acids is 1. The Hall–Kier alpha value is -1.64. The summed E-state index contributed by atoms with van der Waals surface area (Å²) in [6.07, 6.45) is -0.218. The molecule has 1 heterocycles. The molecule has 1 aliphatic rings. The van der Waals surface area contributed by atoms with E-state index in [1.807, 2.05) is 0 Å². The van der Waals surface area contributed by atoms with Crippen molar-refractivity contribution in [2.75, 3.05) is 11.4 Å². The number of primary sulfonamides is 1. The number of nitrogens with zero attached hydrogens (tertiary/aromatic N) is 1. The van der Waals surface area contributed by atoms with Crippen LogP contribution in [0.3, 0.4) is 0 Å². The van der Waals surface area contributed by atoms with Gasteiger partial charge in [0.05, 0.1) is 10.6 Å². The number of amides is 1.